The Morgan fingerprint density at radius 2 is 2.27 bits per heavy atom. The zero-order chi connectivity index (χ0) is 10.7. The van der Waals surface area contributed by atoms with Crippen molar-refractivity contribution in [1.29, 1.82) is 0 Å². The summed E-state index contributed by atoms with van der Waals surface area (Å²) in [5, 5.41) is 3.56. The van der Waals surface area contributed by atoms with Gasteiger partial charge in [-0.3, -0.25) is 0 Å². The van der Waals surface area contributed by atoms with E-state index in [-0.39, 0.29) is 0 Å². The monoisotopic (exact) mass is 285 g/mol. The topological polar surface area (TPSA) is 12.0 Å². The van der Waals surface area contributed by atoms with Crippen molar-refractivity contribution in [3.63, 3.8) is 0 Å². The first kappa shape index (κ1) is 11.5. The first-order valence-electron chi connectivity index (χ1n) is 5.44. The summed E-state index contributed by atoms with van der Waals surface area (Å²) in [6.45, 7) is 3.21. The molecule has 82 valence electrons. The van der Waals surface area contributed by atoms with Crippen LogP contribution in [0.1, 0.15) is 25.3 Å². The van der Waals surface area contributed by atoms with Gasteiger partial charge in [0, 0.05) is 22.0 Å². The zero-order valence-electron chi connectivity index (χ0n) is 8.92. The molecule has 0 radical (unpaired) electrons. The van der Waals surface area contributed by atoms with E-state index in [1.165, 1.54) is 27.8 Å². The van der Waals surface area contributed by atoms with Crippen molar-refractivity contribution in [2.24, 2.45) is 0 Å². The van der Waals surface area contributed by atoms with Crippen LogP contribution >= 0.6 is 27.7 Å². The van der Waals surface area contributed by atoms with Crippen LogP contribution in [-0.4, -0.2) is 11.8 Å². The minimum absolute atomic E-state index is 0.785. The van der Waals surface area contributed by atoms with E-state index in [4.69, 9.17) is 0 Å². The molecule has 3 heteroatoms. The van der Waals surface area contributed by atoms with Gasteiger partial charge in [0.05, 0.1) is 0 Å². The molecule has 0 spiro atoms. The van der Waals surface area contributed by atoms with Crippen LogP contribution in [0.4, 0.5) is 0 Å². The van der Waals surface area contributed by atoms with E-state index in [9.17, 15) is 0 Å². The lowest BCUT2D eigenvalue weighted by Crippen LogP contribution is -2.15. The molecule has 2 rings (SSSR count). The van der Waals surface area contributed by atoms with Crippen LogP contribution < -0.4 is 5.32 Å². The summed E-state index contributed by atoms with van der Waals surface area (Å²) in [5.41, 5.74) is 1.43. The fraction of sp³-hybridized carbons (Fsp3) is 0.500. The Balaban J connectivity index is 2.04. The molecule has 0 aliphatic heterocycles. The molecule has 0 amide bonds. The fourth-order valence-electron chi connectivity index (χ4n) is 1.51. The van der Waals surface area contributed by atoms with Crippen molar-refractivity contribution >= 4 is 27.7 Å². The van der Waals surface area contributed by atoms with Gasteiger partial charge in [-0.1, -0.05) is 28.9 Å². The van der Waals surface area contributed by atoms with E-state index in [0.717, 1.165) is 18.3 Å². The molecular formula is C12H16BrNS. The van der Waals surface area contributed by atoms with Crippen molar-refractivity contribution in [3.05, 3.63) is 28.2 Å². The third-order valence-corrected chi connectivity index (χ3v) is 3.96. The third kappa shape index (κ3) is 3.51. The van der Waals surface area contributed by atoms with Gasteiger partial charge in [0.2, 0.25) is 0 Å². The van der Waals surface area contributed by atoms with Gasteiger partial charge in [-0.2, -0.15) is 0 Å². The maximum Gasteiger partial charge on any atom is 0.0219 e. The molecule has 0 aromatic heterocycles. The Labute approximate surface area is 104 Å². The predicted molar refractivity (Wildman–Crippen MR) is 70.4 cm³/mol. The molecule has 1 fully saturated rings. The van der Waals surface area contributed by atoms with Crippen LogP contribution in [0.15, 0.2) is 27.6 Å². The second-order valence-corrected chi connectivity index (χ2v) is 6.06. The van der Waals surface area contributed by atoms with Crippen LogP contribution in [0, 0.1) is 0 Å². The Morgan fingerprint density at radius 1 is 1.47 bits per heavy atom. The van der Waals surface area contributed by atoms with Crippen LogP contribution in [0.2, 0.25) is 0 Å². The van der Waals surface area contributed by atoms with Gasteiger partial charge in [0.25, 0.3) is 0 Å². The molecule has 0 unspecified atom stereocenters. The second-order valence-electron chi connectivity index (χ2n) is 3.84. The summed E-state index contributed by atoms with van der Waals surface area (Å²) in [4.78, 5) is 1.40. The molecule has 1 aliphatic carbocycles. The Bertz CT molecular complexity index is 336. The first-order chi connectivity index (χ1) is 7.29. The Kier molecular flexibility index (Phi) is 4.12. The highest BCUT2D eigenvalue weighted by Gasteiger charge is 2.20. The highest BCUT2D eigenvalue weighted by atomic mass is 79.9. The summed E-state index contributed by atoms with van der Waals surface area (Å²) < 4.78 is 1.17. The van der Waals surface area contributed by atoms with Crippen molar-refractivity contribution in [2.45, 2.75) is 37.2 Å². The molecule has 0 atom stereocenters. The lowest BCUT2D eigenvalue weighted by Gasteiger charge is -2.09. The van der Waals surface area contributed by atoms with E-state index in [1.807, 2.05) is 11.8 Å². The molecule has 1 nitrogen and oxygen atoms in total. The van der Waals surface area contributed by atoms with Gasteiger partial charge in [-0.05, 0) is 36.3 Å². The number of nitrogens with one attached hydrogen (secondary N) is 1. The lowest BCUT2D eigenvalue weighted by atomic mass is 10.2. The smallest absolute Gasteiger partial charge is 0.0219 e. The maximum atomic E-state index is 3.56. The van der Waals surface area contributed by atoms with E-state index in [2.05, 4.69) is 46.4 Å². The molecule has 1 aromatic rings. The standard InChI is InChI=1S/C12H16BrNS/c1-2-15-12-7-10(13)4-3-9(12)8-14-11-5-6-11/h3-4,7,11,14H,2,5-6,8H2,1H3. The number of hydrogen-bond acceptors (Lipinski definition) is 2. The van der Waals surface area contributed by atoms with E-state index in [1.54, 1.807) is 0 Å². The number of halogens is 1. The molecule has 15 heavy (non-hydrogen) atoms. The Morgan fingerprint density at radius 3 is 2.93 bits per heavy atom. The number of hydrogen-bond donors (Lipinski definition) is 1. The lowest BCUT2D eigenvalue weighted by molar-refractivity contribution is 0.680. The fourth-order valence-corrected chi connectivity index (χ4v) is 2.87. The largest absolute Gasteiger partial charge is 0.310 e. The zero-order valence-corrected chi connectivity index (χ0v) is 11.3. The van der Waals surface area contributed by atoms with Gasteiger partial charge in [-0.25, -0.2) is 0 Å². The highest BCUT2D eigenvalue weighted by Crippen LogP contribution is 2.27. The van der Waals surface area contributed by atoms with Crippen LogP contribution in [-0.2, 0) is 6.54 Å². The molecule has 0 saturated heterocycles. The minimum atomic E-state index is 0.785. The van der Waals surface area contributed by atoms with Gasteiger partial charge < -0.3 is 5.32 Å². The summed E-state index contributed by atoms with van der Waals surface area (Å²) in [5.74, 6) is 1.13. The van der Waals surface area contributed by atoms with Crippen LogP contribution in [0.5, 0.6) is 0 Å². The first-order valence-corrected chi connectivity index (χ1v) is 7.22. The predicted octanol–water partition coefficient (Wildman–Crippen LogP) is 3.81. The second kappa shape index (κ2) is 5.37. The third-order valence-electron chi connectivity index (χ3n) is 2.49. The maximum absolute atomic E-state index is 3.56. The van der Waals surface area contributed by atoms with E-state index >= 15 is 0 Å². The number of thioether (sulfide) groups is 1. The van der Waals surface area contributed by atoms with Crippen molar-refractivity contribution in [3.8, 4) is 0 Å². The molecule has 1 aromatic carbocycles. The van der Waals surface area contributed by atoms with E-state index in [0.29, 0.717) is 0 Å². The van der Waals surface area contributed by atoms with Gasteiger partial charge in [0.15, 0.2) is 0 Å². The number of rotatable bonds is 5. The molecule has 1 saturated carbocycles. The summed E-state index contributed by atoms with van der Waals surface area (Å²) in [6.07, 6.45) is 2.71. The molecule has 1 N–H and O–H groups in total. The summed E-state index contributed by atoms with van der Waals surface area (Å²) in [6, 6.07) is 7.35. The number of benzene rings is 1. The molecule has 1 aliphatic rings. The summed E-state index contributed by atoms with van der Waals surface area (Å²) >= 11 is 5.44. The Hall–Kier alpha value is 0.01000. The molecule has 0 bridgehead atoms. The van der Waals surface area contributed by atoms with Crippen molar-refractivity contribution in [1.82, 2.24) is 5.32 Å². The minimum Gasteiger partial charge on any atom is -0.310 e. The van der Waals surface area contributed by atoms with E-state index < -0.39 is 0 Å². The quantitative estimate of drug-likeness (QED) is 0.826. The SMILES string of the molecule is CCSc1cc(Br)ccc1CNC1CC1. The van der Waals surface area contributed by atoms with Gasteiger partial charge in [0.1, 0.15) is 0 Å². The van der Waals surface area contributed by atoms with Crippen molar-refractivity contribution in [2.75, 3.05) is 5.75 Å². The average molecular weight is 286 g/mol. The van der Waals surface area contributed by atoms with Crippen LogP contribution in [0.3, 0.4) is 0 Å². The average Bonchev–Trinajstić information content (AvgIpc) is 3.01. The van der Waals surface area contributed by atoms with Gasteiger partial charge >= 0.3 is 0 Å². The van der Waals surface area contributed by atoms with Crippen molar-refractivity contribution < 1.29 is 0 Å². The normalized spacial score (nSPS) is 15.6. The summed E-state index contributed by atoms with van der Waals surface area (Å²) in [7, 11) is 0. The molecular weight excluding hydrogens is 270 g/mol. The molecule has 0 heterocycles. The highest BCUT2D eigenvalue weighted by molar-refractivity contribution is 9.10. The van der Waals surface area contributed by atoms with Crippen LogP contribution in [0.25, 0.3) is 0 Å². The van der Waals surface area contributed by atoms with Gasteiger partial charge in [-0.15, -0.1) is 11.8 Å².